The van der Waals surface area contributed by atoms with Gasteiger partial charge in [-0.1, -0.05) is 25.8 Å². The topological polar surface area (TPSA) is 18.5 Å². The average Bonchev–Trinajstić information content (AvgIpc) is 2.84. The van der Waals surface area contributed by atoms with Crippen LogP contribution < -0.4 is 4.74 Å². The Morgan fingerprint density at radius 1 is 0.939 bits per heavy atom. The van der Waals surface area contributed by atoms with E-state index in [0.717, 1.165) is 50.9 Å². The first-order valence-corrected chi connectivity index (χ1v) is 12.6. The van der Waals surface area contributed by atoms with E-state index in [1.165, 1.54) is 25.3 Å². The summed E-state index contributed by atoms with van der Waals surface area (Å²) in [7, 11) is 0. The second kappa shape index (κ2) is 10.8. The molecular formula is C28H35F3O2. The maximum atomic E-state index is 15.0. The molecule has 2 nitrogen and oxygen atoms in total. The predicted molar refractivity (Wildman–Crippen MR) is 126 cm³/mol. The molecule has 0 bridgehead atoms. The Labute approximate surface area is 195 Å². The van der Waals surface area contributed by atoms with Crippen molar-refractivity contribution in [3.63, 3.8) is 0 Å². The molecule has 1 fully saturated rings. The van der Waals surface area contributed by atoms with Gasteiger partial charge >= 0.3 is 0 Å². The van der Waals surface area contributed by atoms with Crippen LogP contribution in [-0.2, 0) is 4.74 Å². The molecule has 1 unspecified atom stereocenters. The van der Waals surface area contributed by atoms with E-state index in [9.17, 15) is 8.78 Å². The Morgan fingerprint density at radius 2 is 1.73 bits per heavy atom. The maximum Gasteiger partial charge on any atom is 0.175 e. The van der Waals surface area contributed by atoms with Gasteiger partial charge in [0.2, 0.25) is 0 Å². The number of benzene rings is 2. The fraction of sp³-hybridized carbons (Fsp3) is 0.571. The first-order valence-electron chi connectivity index (χ1n) is 12.6. The van der Waals surface area contributed by atoms with Crippen molar-refractivity contribution in [1.29, 1.82) is 0 Å². The number of unbranched alkanes of at least 4 members (excludes halogenated alkanes) is 2. The summed E-state index contributed by atoms with van der Waals surface area (Å²) in [4.78, 5) is 0. The van der Waals surface area contributed by atoms with Crippen molar-refractivity contribution < 1.29 is 22.6 Å². The van der Waals surface area contributed by atoms with Crippen LogP contribution in [-0.4, -0.2) is 13.2 Å². The molecule has 0 radical (unpaired) electrons. The summed E-state index contributed by atoms with van der Waals surface area (Å²) in [6, 6.07) is 4.74. The largest absolute Gasteiger partial charge is 0.498 e. The molecule has 1 aliphatic heterocycles. The highest BCUT2D eigenvalue weighted by atomic mass is 19.2. The normalized spacial score (nSPS) is 23.3. The van der Waals surface area contributed by atoms with E-state index in [0.29, 0.717) is 22.8 Å². The Kier molecular flexibility index (Phi) is 7.87. The third-order valence-electron chi connectivity index (χ3n) is 7.45. The van der Waals surface area contributed by atoms with Crippen LogP contribution in [0.25, 0.3) is 10.8 Å². The van der Waals surface area contributed by atoms with Gasteiger partial charge in [0.1, 0.15) is 0 Å². The van der Waals surface area contributed by atoms with Gasteiger partial charge in [-0.05, 0) is 92.4 Å². The SMILES string of the molecule is CCCCCC1=CCC(C2CCC(c3cc4ccc(OCC)c(F)c4c(F)c3F)CC2)CO1. The lowest BCUT2D eigenvalue weighted by atomic mass is 9.72. The van der Waals surface area contributed by atoms with Crippen LogP contribution in [0.3, 0.4) is 0 Å². The lowest BCUT2D eigenvalue weighted by Crippen LogP contribution is -2.26. The third kappa shape index (κ3) is 5.17. The molecule has 0 spiro atoms. The quantitative estimate of drug-likeness (QED) is 0.368. The number of hydrogen-bond donors (Lipinski definition) is 0. The predicted octanol–water partition coefficient (Wildman–Crippen LogP) is 8.43. The summed E-state index contributed by atoms with van der Waals surface area (Å²) in [5.41, 5.74) is 0.375. The van der Waals surface area contributed by atoms with Crippen LogP contribution in [0, 0.1) is 29.3 Å². The van der Waals surface area contributed by atoms with Crippen molar-refractivity contribution in [3.05, 3.63) is 53.0 Å². The molecule has 180 valence electrons. The van der Waals surface area contributed by atoms with Crippen molar-refractivity contribution in [2.24, 2.45) is 11.8 Å². The summed E-state index contributed by atoms with van der Waals surface area (Å²) in [5, 5.41) is 0.0603. The highest BCUT2D eigenvalue weighted by Crippen LogP contribution is 2.43. The average molecular weight is 461 g/mol. The zero-order valence-corrected chi connectivity index (χ0v) is 19.8. The first-order chi connectivity index (χ1) is 16.0. The second-order valence-electron chi connectivity index (χ2n) is 9.55. The van der Waals surface area contributed by atoms with Crippen LogP contribution in [0.5, 0.6) is 5.75 Å². The van der Waals surface area contributed by atoms with Crippen molar-refractivity contribution in [2.75, 3.05) is 13.2 Å². The number of ether oxygens (including phenoxy) is 2. The van der Waals surface area contributed by atoms with Crippen LogP contribution >= 0.6 is 0 Å². The van der Waals surface area contributed by atoms with Crippen molar-refractivity contribution in [3.8, 4) is 5.75 Å². The molecule has 2 aliphatic rings. The number of fused-ring (bicyclic) bond motifs is 1. The molecule has 1 heterocycles. The summed E-state index contributed by atoms with van der Waals surface area (Å²) >= 11 is 0. The van der Waals surface area contributed by atoms with Crippen LogP contribution in [0.4, 0.5) is 13.2 Å². The van der Waals surface area contributed by atoms with Crippen LogP contribution in [0.2, 0.25) is 0 Å². The minimum Gasteiger partial charge on any atom is -0.498 e. The van der Waals surface area contributed by atoms with E-state index in [-0.39, 0.29) is 23.7 Å². The van der Waals surface area contributed by atoms with Gasteiger partial charge in [0.05, 0.1) is 24.4 Å². The summed E-state index contributed by atoms with van der Waals surface area (Å²) in [6.07, 6.45) is 11.6. The molecule has 4 rings (SSSR count). The Hall–Kier alpha value is -2.17. The molecule has 1 atom stereocenters. The van der Waals surface area contributed by atoms with Gasteiger partial charge in [0, 0.05) is 6.42 Å². The molecule has 2 aromatic carbocycles. The van der Waals surface area contributed by atoms with Gasteiger partial charge in [-0.2, -0.15) is 0 Å². The Bertz CT molecular complexity index is 993. The minimum absolute atomic E-state index is 0.0422. The molecule has 0 aromatic heterocycles. The van der Waals surface area contributed by atoms with E-state index < -0.39 is 17.5 Å². The fourth-order valence-electron chi connectivity index (χ4n) is 5.52. The Morgan fingerprint density at radius 3 is 2.39 bits per heavy atom. The molecule has 0 amide bonds. The first kappa shape index (κ1) is 24.0. The van der Waals surface area contributed by atoms with Gasteiger partial charge in [0.25, 0.3) is 0 Å². The Balaban J connectivity index is 1.42. The highest BCUT2D eigenvalue weighted by Gasteiger charge is 2.32. The summed E-state index contributed by atoms with van der Waals surface area (Å²) in [6.45, 7) is 4.96. The fourth-order valence-corrected chi connectivity index (χ4v) is 5.52. The van der Waals surface area contributed by atoms with E-state index >= 15 is 4.39 Å². The molecule has 33 heavy (non-hydrogen) atoms. The van der Waals surface area contributed by atoms with Gasteiger partial charge in [0.15, 0.2) is 23.2 Å². The molecule has 0 N–H and O–H groups in total. The second-order valence-corrected chi connectivity index (χ2v) is 9.55. The van der Waals surface area contributed by atoms with Crippen molar-refractivity contribution in [2.45, 2.75) is 77.6 Å². The third-order valence-corrected chi connectivity index (χ3v) is 7.45. The number of rotatable bonds is 8. The van der Waals surface area contributed by atoms with Gasteiger partial charge in [-0.25, -0.2) is 13.2 Å². The van der Waals surface area contributed by atoms with Gasteiger partial charge in [-0.15, -0.1) is 0 Å². The van der Waals surface area contributed by atoms with E-state index in [2.05, 4.69) is 13.0 Å². The zero-order chi connectivity index (χ0) is 23.4. The van der Waals surface area contributed by atoms with E-state index in [1.807, 2.05) is 0 Å². The number of allylic oxidation sites excluding steroid dienone is 2. The molecule has 0 saturated heterocycles. The molecule has 1 aliphatic carbocycles. The molecule has 2 aromatic rings. The highest BCUT2D eigenvalue weighted by molar-refractivity contribution is 5.86. The summed E-state index contributed by atoms with van der Waals surface area (Å²) in [5.74, 6) is -0.751. The van der Waals surface area contributed by atoms with Gasteiger partial charge in [-0.3, -0.25) is 0 Å². The molecule has 5 heteroatoms. The van der Waals surface area contributed by atoms with E-state index in [4.69, 9.17) is 9.47 Å². The van der Waals surface area contributed by atoms with Crippen LogP contribution in [0.1, 0.15) is 83.1 Å². The minimum atomic E-state index is -1.11. The monoisotopic (exact) mass is 460 g/mol. The standard InChI is InChI=1S/C28H35F3O2/c1-3-5-6-7-22-14-12-21(17-33-22)18-8-10-19(11-9-18)23-16-20-13-15-24(32-4-2)27(30)25(20)28(31)26(23)29/h13-16,18-19,21H,3-12,17H2,1-2H3. The van der Waals surface area contributed by atoms with Gasteiger partial charge < -0.3 is 9.47 Å². The lowest BCUT2D eigenvalue weighted by molar-refractivity contribution is 0.0887. The van der Waals surface area contributed by atoms with Crippen LogP contribution in [0.15, 0.2) is 30.0 Å². The number of halogens is 3. The van der Waals surface area contributed by atoms with Crippen molar-refractivity contribution in [1.82, 2.24) is 0 Å². The zero-order valence-electron chi connectivity index (χ0n) is 19.8. The summed E-state index contributed by atoms with van der Waals surface area (Å²) < 4.78 is 55.9. The lowest BCUT2D eigenvalue weighted by Gasteiger charge is -2.35. The molecular weight excluding hydrogens is 425 g/mol. The number of hydrogen-bond acceptors (Lipinski definition) is 2. The van der Waals surface area contributed by atoms with Crippen molar-refractivity contribution >= 4 is 10.8 Å². The smallest absolute Gasteiger partial charge is 0.175 e. The maximum absolute atomic E-state index is 15.0. The van der Waals surface area contributed by atoms with E-state index in [1.54, 1.807) is 19.1 Å². The molecule has 1 saturated carbocycles.